The lowest BCUT2D eigenvalue weighted by Crippen LogP contribution is -2.54. The molecule has 2 fully saturated rings. The summed E-state index contributed by atoms with van der Waals surface area (Å²) in [6.45, 7) is 0.869. The number of carbonyl (C=O) groups is 2. The summed E-state index contributed by atoms with van der Waals surface area (Å²) in [5.41, 5.74) is 0.871. The van der Waals surface area contributed by atoms with E-state index >= 15 is 4.39 Å². The van der Waals surface area contributed by atoms with Crippen molar-refractivity contribution in [1.82, 2.24) is 14.7 Å². The Labute approximate surface area is 243 Å². The smallest absolute Gasteiger partial charge is 0.335 e. The molecule has 4 aromatic rings. The molecule has 11 heteroatoms. The largest absolute Gasteiger partial charge is 0.478 e. The van der Waals surface area contributed by atoms with Crippen molar-refractivity contribution in [2.75, 3.05) is 18.5 Å². The SMILES string of the molecule is O=C(O)c1ccc2c3n(nc2c1)[C@H]1[C@@H](CO3)N(CC2CC2)[C@]2(C(=O)Nc3cc(Cl)ccc32)[C@@H]1c1cccc(Cl)c1F. The van der Waals surface area contributed by atoms with Crippen LogP contribution in [0.1, 0.15) is 46.3 Å². The van der Waals surface area contributed by atoms with E-state index in [1.54, 1.807) is 35.0 Å². The average Bonchev–Trinajstić information content (AvgIpc) is 3.53. The van der Waals surface area contributed by atoms with Gasteiger partial charge in [-0.15, -0.1) is 0 Å². The van der Waals surface area contributed by atoms with E-state index in [1.165, 1.54) is 18.2 Å². The van der Waals surface area contributed by atoms with Crippen LogP contribution < -0.4 is 10.1 Å². The highest BCUT2D eigenvalue weighted by Gasteiger charge is 2.69. The minimum absolute atomic E-state index is 0.0337. The Hall–Kier alpha value is -3.66. The van der Waals surface area contributed by atoms with Crippen molar-refractivity contribution in [1.29, 1.82) is 0 Å². The van der Waals surface area contributed by atoms with Gasteiger partial charge in [0, 0.05) is 28.7 Å². The molecule has 1 aromatic heterocycles. The van der Waals surface area contributed by atoms with Crippen LogP contribution in [0, 0.1) is 11.7 Å². The first kappa shape index (κ1) is 25.1. The van der Waals surface area contributed by atoms with Gasteiger partial charge in [0.25, 0.3) is 0 Å². The highest BCUT2D eigenvalue weighted by molar-refractivity contribution is 6.31. The standard InChI is InChI=1S/C30H23Cl2FN4O4/c31-16-7-9-19-22(11-16)34-29(40)30(19)24(18-2-1-3-20(32)25(18)33)26-23(36(30)12-14-4-5-14)13-41-27-17-8-6-15(28(38)39)10-21(17)35-37(26)27/h1-3,6-11,14,23-24,26H,4-5,12-13H2,(H,34,40)(H,38,39)/t23-,24-,26+,30+/m1/s1. The summed E-state index contributed by atoms with van der Waals surface area (Å²) in [5.74, 6) is -1.80. The van der Waals surface area contributed by atoms with Crippen molar-refractivity contribution in [3.63, 3.8) is 0 Å². The predicted molar refractivity (Wildman–Crippen MR) is 150 cm³/mol. The molecular weight excluding hydrogens is 570 g/mol. The van der Waals surface area contributed by atoms with E-state index in [9.17, 15) is 14.7 Å². The number of carboxylic acid groups (broad SMARTS) is 1. The minimum atomic E-state index is -1.29. The van der Waals surface area contributed by atoms with Crippen LogP contribution in [0.25, 0.3) is 10.9 Å². The first-order valence-corrected chi connectivity index (χ1v) is 14.2. The molecule has 1 saturated carbocycles. The summed E-state index contributed by atoms with van der Waals surface area (Å²) in [6.07, 6.45) is 2.09. The Morgan fingerprint density at radius 3 is 2.78 bits per heavy atom. The van der Waals surface area contributed by atoms with Crippen LogP contribution in [0.2, 0.25) is 10.0 Å². The van der Waals surface area contributed by atoms with E-state index in [1.807, 2.05) is 6.07 Å². The second-order valence-corrected chi connectivity index (χ2v) is 12.1. The number of nitrogens with zero attached hydrogens (tertiary/aromatic N) is 3. The van der Waals surface area contributed by atoms with Crippen molar-refractivity contribution in [3.05, 3.63) is 87.2 Å². The van der Waals surface area contributed by atoms with Crippen LogP contribution in [0.4, 0.5) is 10.1 Å². The van der Waals surface area contributed by atoms with E-state index in [0.29, 0.717) is 45.5 Å². The number of hydrogen-bond acceptors (Lipinski definition) is 5. The maximum Gasteiger partial charge on any atom is 0.335 e. The van der Waals surface area contributed by atoms with Crippen molar-refractivity contribution in [2.24, 2.45) is 5.92 Å². The quantitative estimate of drug-likeness (QED) is 0.309. The third-order valence-corrected chi connectivity index (χ3v) is 9.59. The second-order valence-electron chi connectivity index (χ2n) is 11.3. The van der Waals surface area contributed by atoms with E-state index in [-0.39, 0.29) is 29.1 Å². The maximum absolute atomic E-state index is 16.1. The molecule has 0 radical (unpaired) electrons. The third kappa shape index (κ3) is 3.40. The molecular formula is C30H23Cl2FN4O4. The van der Waals surface area contributed by atoms with Crippen LogP contribution in [-0.4, -0.2) is 50.9 Å². The molecule has 3 aromatic carbocycles. The molecule has 4 heterocycles. The lowest BCUT2D eigenvalue weighted by molar-refractivity contribution is -0.128. The van der Waals surface area contributed by atoms with Gasteiger partial charge in [0.15, 0.2) is 0 Å². The number of aromatic nitrogens is 2. The average molecular weight is 593 g/mol. The number of carbonyl (C=O) groups excluding carboxylic acids is 1. The van der Waals surface area contributed by atoms with Crippen LogP contribution in [0.15, 0.2) is 54.6 Å². The topological polar surface area (TPSA) is 96.7 Å². The molecule has 1 spiro atoms. The van der Waals surface area contributed by atoms with Gasteiger partial charge in [-0.05, 0) is 60.7 Å². The van der Waals surface area contributed by atoms with Crippen molar-refractivity contribution < 1.29 is 23.8 Å². The number of halogens is 3. The number of aromatic carboxylic acids is 1. The highest BCUT2D eigenvalue weighted by Crippen LogP contribution is 2.63. The van der Waals surface area contributed by atoms with Crippen LogP contribution in [-0.2, 0) is 10.3 Å². The molecule has 1 aliphatic carbocycles. The van der Waals surface area contributed by atoms with E-state index in [4.69, 9.17) is 33.0 Å². The van der Waals surface area contributed by atoms with Gasteiger partial charge in [-0.2, -0.15) is 5.10 Å². The highest BCUT2D eigenvalue weighted by atomic mass is 35.5. The number of rotatable bonds is 4. The molecule has 0 unspecified atom stereocenters. The molecule has 208 valence electrons. The summed E-state index contributed by atoms with van der Waals surface area (Å²) in [6, 6.07) is 14.0. The zero-order chi connectivity index (χ0) is 28.2. The zero-order valence-electron chi connectivity index (χ0n) is 21.5. The van der Waals surface area contributed by atoms with Crippen molar-refractivity contribution >= 4 is 51.7 Å². The molecule has 2 N–H and O–H groups in total. The summed E-state index contributed by atoms with van der Waals surface area (Å²) < 4.78 is 24.2. The Bertz CT molecular complexity index is 1810. The van der Waals surface area contributed by atoms with Gasteiger partial charge in [-0.3, -0.25) is 9.69 Å². The molecule has 1 amide bonds. The molecule has 8 nitrogen and oxygen atoms in total. The summed E-state index contributed by atoms with van der Waals surface area (Å²) in [5, 5.41) is 18.6. The first-order valence-electron chi connectivity index (χ1n) is 13.5. The van der Waals surface area contributed by atoms with E-state index in [0.717, 1.165) is 18.4 Å². The lowest BCUT2D eigenvalue weighted by Gasteiger charge is -2.39. The zero-order valence-corrected chi connectivity index (χ0v) is 23.0. The number of amides is 1. The van der Waals surface area contributed by atoms with Crippen LogP contribution in [0.3, 0.4) is 0 Å². The summed E-state index contributed by atoms with van der Waals surface area (Å²) in [7, 11) is 0. The molecule has 41 heavy (non-hydrogen) atoms. The fourth-order valence-corrected chi connectivity index (χ4v) is 7.58. The number of nitrogens with one attached hydrogen (secondary N) is 1. The fourth-order valence-electron chi connectivity index (χ4n) is 7.22. The Balaban J connectivity index is 1.43. The number of likely N-dealkylation sites (tertiary alicyclic amines) is 1. The second kappa shape index (κ2) is 8.67. The summed E-state index contributed by atoms with van der Waals surface area (Å²) >= 11 is 12.7. The fraction of sp³-hybridized carbons (Fsp3) is 0.300. The van der Waals surface area contributed by atoms with Gasteiger partial charge in [0.1, 0.15) is 18.0 Å². The monoisotopic (exact) mass is 592 g/mol. The number of benzene rings is 3. The number of hydrogen-bond donors (Lipinski definition) is 2. The number of fused-ring (bicyclic) bond motifs is 7. The van der Waals surface area contributed by atoms with E-state index in [2.05, 4.69) is 10.2 Å². The van der Waals surface area contributed by atoms with Gasteiger partial charge in [-0.25, -0.2) is 13.9 Å². The summed E-state index contributed by atoms with van der Waals surface area (Å²) in [4.78, 5) is 28.3. The Morgan fingerprint density at radius 1 is 1.17 bits per heavy atom. The molecule has 4 atom stereocenters. The van der Waals surface area contributed by atoms with Gasteiger partial charge in [0.2, 0.25) is 11.8 Å². The molecule has 8 rings (SSSR count). The molecule has 4 aliphatic rings. The normalized spacial score (nSPS) is 26.5. The number of carboxylic acids is 1. The van der Waals surface area contributed by atoms with Crippen LogP contribution in [0.5, 0.6) is 5.88 Å². The van der Waals surface area contributed by atoms with Crippen LogP contribution >= 0.6 is 23.2 Å². The third-order valence-electron chi connectivity index (χ3n) is 9.07. The first-order chi connectivity index (χ1) is 19.8. The van der Waals surface area contributed by atoms with Crippen molar-refractivity contribution in [2.45, 2.75) is 36.4 Å². The van der Waals surface area contributed by atoms with Gasteiger partial charge in [-0.1, -0.05) is 41.4 Å². The van der Waals surface area contributed by atoms with Gasteiger partial charge >= 0.3 is 5.97 Å². The Kier molecular flexibility index (Phi) is 5.31. The lowest BCUT2D eigenvalue weighted by atomic mass is 9.73. The number of ether oxygens (including phenoxy) is 1. The van der Waals surface area contributed by atoms with Crippen molar-refractivity contribution in [3.8, 4) is 5.88 Å². The minimum Gasteiger partial charge on any atom is -0.478 e. The Morgan fingerprint density at radius 2 is 2.00 bits per heavy atom. The number of anilines is 1. The maximum atomic E-state index is 16.1. The predicted octanol–water partition coefficient (Wildman–Crippen LogP) is 5.84. The van der Waals surface area contributed by atoms with E-state index < -0.39 is 29.3 Å². The van der Waals surface area contributed by atoms with Gasteiger partial charge in [0.05, 0.1) is 33.6 Å². The molecule has 1 saturated heterocycles. The van der Waals surface area contributed by atoms with Gasteiger partial charge < -0.3 is 15.2 Å². The molecule has 3 aliphatic heterocycles. The molecule has 0 bridgehead atoms.